The summed E-state index contributed by atoms with van der Waals surface area (Å²) in [5.74, 6) is -1.24. The zero-order chi connectivity index (χ0) is 23.8. The number of rotatable bonds is 5. The van der Waals surface area contributed by atoms with Crippen molar-refractivity contribution >= 4 is 11.0 Å². The summed E-state index contributed by atoms with van der Waals surface area (Å²) < 4.78 is 71.4. The molecule has 0 spiro atoms. The molecule has 0 atom stereocenters. The smallest absolute Gasteiger partial charge is 0.420 e. The first-order valence-corrected chi connectivity index (χ1v) is 10.2. The van der Waals surface area contributed by atoms with E-state index < -0.39 is 34.1 Å². The van der Waals surface area contributed by atoms with E-state index in [4.69, 9.17) is 13.9 Å². The highest BCUT2D eigenvalue weighted by Crippen LogP contribution is 2.46. The van der Waals surface area contributed by atoms with E-state index in [1.54, 1.807) is 0 Å². The highest BCUT2D eigenvalue weighted by atomic mass is 19.4. The molecule has 2 heterocycles. The molecule has 0 bridgehead atoms. The van der Waals surface area contributed by atoms with Gasteiger partial charge in [-0.1, -0.05) is 0 Å². The lowest BCUT2D eigenvalue weighted by molar-refractivity contribution is -0.137. The van der Waals surface area contributed by atoms with Crippen LogP contribution in [0.25, 0.3) is 22.3 Å². The van der Waals surface area contributed by atoms with Gasteiger partial charge in [-0.25, -0.2) is 4.39 Å². The van der Waals surface area contributed by atoms with Crippen molar-refractivity contribution in [2.24, 2.45) is 0 Å². The second-order valence-corrected chi connectivity index (χ2v) is 7.66. The summed E-state index contributed by atoms with van der Waals surface area (Å²) in [6.07, 6.45) is -4.89. The summed E-state index contributed by atoms with van der Waals surface area (Å²) in [6, 6.07) is 6.21. The molecule has 10 heteroatoms. The van der Waals surface area contributed by atoms with Crippen LogP contribution < -0.4 is 20.2 Å². The van der Waals surface area contributed by atoms with E-state index in [-0.39, 0.29) is 17.1 Å². The van der Waals surface area contributed by atoms with Crippen molar-refractivity contribution in [3.05, 3.63) is 57.5 Å². The number of hydrogen-bond acceptors (Lipinski definition) is 6. The van der Waals surface area contributed by atoms with Crippen LogP contribution in [-0.2, 0) is 12.7 Å². The molecule has 0 saturated carbocycles. The maximum absolute atomic E-state index is 14.0. The normalized spacial score (nSPS) is 15.1. The van der Waals surface area contributed by atoms with E-state index in [0.29, 0.717) is 17.7 Å². The summed E-state index contributed by atoms with van der Waals surface area (Å²) in [7, 11) is 2.26. The Morgan fingerprint density at radius 2 is 1.82 bits per heavy atom. The number of methoxy groups -OCH3 is 2. The Morgan fingerprint density at radius 1 is 1.09 bits per heavy atom. The van der Waals surface area contributed by atoms with Crippen LogP contribution in [-0.4, -0.2) is 45.3 Å². The molecular weight excluding hydrogens is 444 g/mol. The molecular formula is C23H22F4N2O4. The molecule has 0 aliphatic carbocycles. The molecule has 33 heavy (non-hydrogen) atoms. The largest absolute Gasteiger partial charge is 0.493 e. The lowest BCUT2D eigenvalue weighted by atomic mass is 10.0. The van der Waals surface area contributed by atoms with Crippen LogP contribution in [0.4, 0.5) is 17.6 Å². The maximum atomic E-state index is 14.0. The average molecular weight is 466 g/mol. The van der Waals surface area contributed by atoms with Gasteiger partial charge in [0.25, 0.3) is 0 Å². The zero-order valence-electron chi connectivity index (χ0n) is 18.0. The minimum absolute atomic E-state index is 0.0398. The fourth-order valence-electron chi connectivity index (χ4n) is 4.08. The van der Waals surface area contributed by atoms with E-state index in [1.807, 2.05) is 0 Å². The third-order valence-electron chi connectivity index (χ3n) is 5.58. The minimum atomic E-state index is -4.89. The highest BCUT2D eigenvalue weighted by molar-refractivity contribution is 5.87. The predicted molar refractivity (Wildman–Crippen MR) is 114 cm³/mol. The van der Waals surface area contributed by atoms with Gasteiger partial charge in [-0.2, -0.15) is 13.2 Å². The number of fused-ring (bicyclic) bond motifs is 1. The van der Waals surface area contributed by atoms with Crippen molar-refractivity contribution in [3.63, 3.8) is 0 Å². The number of halogens is 4. The van der Waals surface area contributed by atoms with Gasteiger partial charge in [0.05, 0.1) is 19.6 Å². The quantitative estimate of drug-likeness (QED) is 0.573. The van der Waals surface area contributed by atoms with Crippen molar-refractivity contribution in [1.82, 2.24) is 10.2 Å². The number of benzene rings is 2. The number of nitrogens with one attached hydrogen (secondary N) is 1. The molecule has 1 aliphatic rings. The Balaban J connectivity index is 1.91. The first-order chi connectivity index (χ1) is 15.7. The maximum Gasteiger partial charge on any atom is 0.420 e. The van der Waals surface area contributed by atoms with E-state index in [2.05, 4.69) is 10.2 Å². The first kappa shape index (κ1) is 23.1. The molecule has 176 valence electrons. The zero-order valence-corrected chi connectivity index (χ0v) is 18.0. The van der Waals surface area contributed by atoms with Crippen LogP contribution in [0.1, 0.15) is 11.1 Å². The monoisotopic (exact) mass is 466 g/mol. The summed E-state index contributed by atoms with van der Waals surface area (Å²) >= 11 is 0. The van der Waals surface area contributed by atoms with Gasteiger partial charge >= 0.3 is 6.18 Å². The van der Waals surface area contributed by atoms with Crippen LogP contribution in [0.15, 0.2) is 39.5 Å². The molecule has 1 N–H and O–H groups in total. The van der Waals surface area contributed by atoms with Crippen molar-refractivity contribution < 1.29 is 31.5 Å². The summed E-state index contributed by atoms with van der Waals surface area (Å²) in [5, 5.41) is 2.58. The Morgan fingerprint density at radius 3 is 2.45 bits per heavy atom. The van der Waals surface area contributed by atoms with Gasteiger partial charge in [0.2, 0.25) is 0 Å². The van der Waals surface area contributed by atoms with Crippen molar-refractivity contribution in [2.45, 2.75) is 12.7 Å². The molecule has 1 aliphatic heterocycles. The second kappa shape index (κ2) is 9.03. The molecule has 1 aromatic heterocycles. The van der Waals surface area contributed by atoms with Crippen LogP contribution in [0.3, 0.4) is 0 Å². The molecule has 6 nitrogen and oxygen atoms in total. The molecule has 1 saturated heterocycles. The van der Waals surface area contributed by atoms with Crippen molar-refractivity contribution in [3.8, 4) is 22.8 Å². The molecule has 4 rings (SSSR count). The second-order valence-electron chi connectivity index (χ2n) is 7.66. The third kappa shape index (κ3) is 4.53. The van der Waals surface area contributed by atoms with Gasteiger partial charge in [-0.3, -0.25) is 9.69 Å². The van der Waals surface area contributed by atoms with Crippen LogP contribution in [0.5, 0.6) is 11.5 Å². The molecule has 0 unspecified atom stereocenters. The fraction of sp³-hybridized carbons (Fsp3) is 0.348. The standard InChI is InChI=1S/C23H22F4N2O4/c1-31-19-11-18-20(21(22(19)32-2)23(25,26)27)16(30)10-17(33-18)15-4-3-14(24)9-13(15)12-29-7-5-28-6-8-29/h3-4,9-11,28H,5-8,12H2,1-2H3. The SMILES string of the molecule is COc1cc2oc(-c3ccc(F)cc3CN3CCNCC3)cc(=O)c2c(C(F)(F)F)c1OC. The molecule has 0 radical (unpaired) electrons. The van der Waals surface area contributed by atoms with Gasteiger partial charge in [0, 0.05) is 50.4 Å². The average Bonchev–Trinajstić information content (AvgIpc) is 2.77. The highest BCUT2D eigenvalue weighted by Gasteiger charge is 2.40. The Bertz CT molecular complexity index is 1230. The Labute approximate surface area is 186 Å². The predicted octanol–water partition coefficient (Wildman–Crippen LogP) is 4.04. The van der Waals surface area contributed by atoms with E-state index in [9.17, 15) is 22.4 Å². The van der Waals surface area contributed by atoms with Gasteiger partial charge in [-0.15, -0.1) is 0 Å². The Hall–Kier alpha value is -3.11. The van der Waals surface area contributed by atoms with Crippen molar-refractivity contribution in [2.75, 3.05) is 40.4 Å². The number of alkyl halides is 3. The molecule has 0 amide bonds. The van der Waals surface area contributed by atoms with Gasteiger partial charge < -0.3 is 19.2 Å². The van der Waals surface area contributed by atoms with E-state index >= 15 is 0 Å². The van der Waals surface area contributed by atoms with Crippen LogP contribution in [0.2, 0.25) is 0 Å². The van der Waals surface area contributed by atoms with Gasteiger partial charge in [-0.05, 0) is 23.8 Å². The van der Waals surface area contributed by atoms with Gasteiger partial charge in [0.15, 0.2) is 16.9 Å². The van der Waals surface area contributed by atoms with Gasteiger partial charge in [0.1, 0.15) is 22.7 Å². The van der Waals surface area contributed by atoms with Crippen LogP contribution >= 0.6 is 0 Å². The third-order valence-corrected chi connectivity index (χ3v) is 5.58. The van der Waals surface area contributed by atoms with Crippen LogP contribution in [0, 0.1) is 5.82 Å². The molecule has 3 aromatic rings. The first-order valence-electron chi connectivity index (χ1n) is 10.2. The number of nitrogens with zero attached hydrogens (tertiary/aromatic N) is 1. The fourth-order valence-corrected chi connectivity index (χ4v) is 4.08. The summed E-state index contributed by atoms with van der Waals surface area (Å²) in [5.41, 5.74) is -1.47. The summed E-state index contributed by atoms with van der Waals surface area (Å²) in [6.45, 7) is 3.48. The molecule has 1 fully saturated rings. The number of hydrogen-bond donors (Lipinski definition) is 1. The molecule has 2 aromatic carbocycles. The lowest BCUT2D eigenvalue weighted by Crippen LogP contribution is -2.42. The lowest BCUT2D eigenvalue weighted by Gasteiger charge is -2.28. The van der Waals surface area contributed by atoms with Crippen molar-refractivity contribution in [1.29, 1.82) is 0 Å². The number of ether oxygens (including phenoxy) is 2. The number of piperazine rings is 1. The van der Waals surface area contributed by atoms with E-state index in [0.717, 1.165) is 39.4 Å². The Kier molecular flexibility index (Phi) is 6.31. The topological polar surface area (TPSA) is 63.9 Å². The summed E-state index contributed by atoms with van der Waals surface area (Å²) in [4.78, 5) is 15.0. The minimum Gasteiger partial charge on any atom is -0.493 e. The van der Waals surface area contributed by atoms with E-state index in [1.165, 1.54) is 31.4 Å².